The summed E-state index contributed by atoms with van der Waals surface area (Å²) in [5.41, 5.74) is 0.978. The van der Waals surface area contributed by atoms with Crippen LogP contribution in [0.4, 0.5) is 0 Å². The zero-order chi connectivity index (χ0) is 17.2. The molecule has 2 amide bonds. The minimum absolute atomic E-state index is 0.216. The van der Waals surface area contributed by atoms with Gasteiger partial charge in [-0.15, -0.1) is 0 Å². The first-order valence-corrected chi connectivity index (χ1v) is 8.31. The molecule has 4 heteroatoms. The van der Waals surface area contributed by atoms with Crippen molar-refractivity contribution < 1.29 is 14.3 Å². The molecule has 0 aromatic heterocycles. The van der Waals surface area contributed by atoms with Gasteiger partial charge in [0, 0.05) is 6.54 Å². The van der Waals surface area contributed by atoms with Crippen LogP contribution in [0.3, 0.4) is 0 Å². The third kappa shape index (κ3) is 2.87. The van der Waals surface area contributed by atoms with Crippen LogP contribution in [0.2, 0.25) is 0 Å². The van der Waals surface area contributed by atoms with Gasteiger partial charge in [0.25, 0.3) is 11.8 Å². The van der Waals surface area contributed by atoms with Crippen molar-refractivity contribution in [2.24, 2.45) is 0 Å². The molecule has 4 nitrogen and oxygen atoms in total. The molecule has 0 N–H and O–H groups in total. The van der Waals surface area contributed by atoms with Crippen LogP contribution in [-0.4, -0.2) is 29.9 Å². The smallest absolute Gasteiger partial charge is 0.261 e. The van der Waals surface area contributed by atoms with E-state index in [-0.39, 0.29) is 11.8 Å². The summed E-state index contributed by atoms with van der Waals surface area (Å²) in [5.74, 6) is 0.360. The van der Waals surface area contributed by atoms with E-state index in [1.54, 1.807) is 24.3 Å². The number of hydrogen-bond donors (Lipinski definition) is 0. The van der Waals surface area contributed by atoms with Crippen LogP contribution < -0.4 is 4.74 Å². The fourth-order valence-electron chi connectivity index (χ4n) is 3.11. The number of imide groups is 1. The second kappa shape index (κ2) is 6.40. The molecule has 25 heavy (non-hydrogen) atoms. The highest BCUT2D eigenvalue weighted by molar-refractivity contribution is 6.21. The lowest BCUT2D eigenvalue weighted by atomic mass is 10.1. The minimum Gasteiger partial charge on any atom is -0.494 e. The van der Waals surface area contributed by atoms with E-state index in [0.29, 0.717) is 30.7 Å². The average molecular weight is 331 g/mol. The van der Waals surface area contributed by atoms with Crippen molar-refractivity contribution in [2.45, 2.75) is 6.42 Å². The SMILES string of the molecule is O=C1c2ccccc2C(=O)N1CCCOc1ccc2ccccc2c1. The molecule has 0 unspecified atom stereocenters. The van der Waals surface area contributed by atoms with Gasteiger partial charge in [-0.25, -0.2) is 0 Å². The normalized spacial score (nSPS) is 13.4. The molecule has 0 spiro atoms. The molecule has 0 aliphatic carbocycles. The predicted molar refractivity (Wildman–Crippen MR) is 95.9 cm³/mol. The molecule has 4 rings (SSSR count). The van der Waals surface area contributed by atoms with Gasteiger partial charge in [0.05, 0.1) is 17.7 Å². The van der Waals surface area contributed by atoms with Crippen molar-refractivity contribution in [1.29, 1.82) is 0 Å². The van der Waals surface area contributed by atoms with E-state index >= 15 is 0 Å². The van der Waals surface area contributed by atoms with Crippen molar-refractivity contribution in [3.05, 3.63) is 77.9 Å². The standard InChI is InChI=1S/C21H17NO3/c23-20-18-8-3-4-9-19(18)21(24)22(20)12-5-13-25-17-11-10-15-6-1-2-7-16(15)14-17/h1-4,6-11,14H,5,12-13H2. The van der Waals surface area contributed by atoms with Crippen LogP contribution in [-0.2, 0) is 0 Å². The van der Waals surface area contributed by atoms with Crippen molar-refractivity contribution in [3.63, 3.8) is 0 Å². The Morgan fingerprint density at radius 2 is 1.40 bits per heavy atom. The zero-order valence-electron chi connectivity index (χ0n) is 13.6. The van der Waals surface area contributed by atoms with Crippen molar-refractivity contribution in [3.8, 4) is 5.75 Å². The van der Waals surface area contributed by atoms with Crippen molar-refractivity contribution in [2.75, 3.05) is 13.2 Å². The lowest BCUT2D eigenvalue weighted by molar-refractivity contribution is 0.0647. The van der Waals surface area contributed by atoms with Crippen molar-refractivity contribution >= 4 is 22.6 Å². The minimum atomic E-state index is -0.216. The summed E-state index contributed by atoms with van der Waals surface area (Å²) in [6.07, 6.45) is 0.596. The summed E-state index contributed by atoms with van der Waals surface area (Å²) in [5, 5.41) is 2.29. The van der Waals surface area contributed by atoms with Gasteiger partial charge >= 0.3 is 0 Å². The number of carbonyl (C=O) groups is 2. The largest absolute Gasteiger partial charge is 0.494 e. The lowest BCUT2D eigenvalue weighted by Crippen LogP contribution is -2.31. The lowest BCUT2D eigenvalue weighted by Gasteiger charge is -2.14. The molecular weight excluding hydrogens is 314 g/mol. The molecule has 0 bridgehead atoms. The molecule has 124 valence electrons. The van der Waals surface area contributed by atoms with E-state index in [2.05, 4.69) is 6.07 Å². The Balaban J connectivity index is 1.35. The van der Waals surface area contributed by atoms with E-state index in [0.717, 1.165) is 11.1 Å². The third-order valence-electron chi connectivity index (χ3n) is 4.39. The van der Waals surface area contributed by atoms with Crippen molar-refractivity contribution in [1.82, 2.24) is 4.90 Å². The molecular formula is C21H17NO3. The molecule has 0 atom stereocenters. The quantitative estimate of drug-likeness (QED) is 0.526. The number of rotatable bonds is 5. The van der Waals surface area contributed by atoms with Crippen LogP contribution in [0, 0.1) is 0 Å². The maximum atomic E-state index is 12.3. The van der Waals surface area contributed by atoms with Gasteiger partial charge in [0.2, 0.25) is 0 Å². The maximum Gasteiger partial charge on any atom is 0.261 e. The highest BCUT2D eigenvalue weighted by atomic mass is 16.5. The molecule has 0 saturated carbocycles. The highest BCUT2D eigenvalue weighted by Gasteiger charge is 2.34. The van der Waals surface area contributed by atoms with Gasteiger partial charge < -0.3 is 4.74 Å². The summed E-state index contributed by atoms with van der Waals surface area (Å²) >= 11 is 0. The van der Waals surface area contributed by atoms with Gasteiger partial charge in [-0.2, -0.15) is 0 Å². The number of amides is 2. The molecule has 1 heterocycles. The molecule has 0 radical (unpaired) electrons. The van der Waals surface area contributed by atoms with Crippen LogP contribution in [0.15, 0.2) is 66.7 Å². The molecule has 1 aliphatic heterocycles. The van der Waals surface area contributed by atoms with Gasteiger partial charge in [-0.3, -0.25) is 14.5 Å². The summed E-state index contributed by atoms with van der Waals surface area (Å²) in [7, 11) is 0. The number of nitrogens with zero attached hydrogens (tertiary/aromatic N) is 1. The molecule has 0 fully saturated rings. The zero-order valence-corrected chi connectivity index (χ0v) is 13.6. The first-order valence-electron chi connectivity index (χ1n) is 8.31. The van der Waals surface area contributed by atoms with Crippen LogP contribution in [0.1, 0.15) is 27.1 Å². The predicted octanol–water partition coefficient (Wildman–Crippen LogP) is 3.90. The van der Waals surface area contributed by atoms with Gasteiger partial charge in [0.1, 0.15) is 5.75 Å². The Bertz CT molecular complexity index is 929. The fourth-order valence-corrected chi connectivity index (χ4v) is 3.11. The van der Waals surface area contributed by atoms with Crippen LogP contribution in [0.25, 0.3) is 10.8 Å². The van der Waals surface area contributed by atoms with Gasteiger partial charge in [-0.05, 0) is 41.5 Å². The first-order chi connectivity index (χ1) is 12.2. The van der Waals surface area contributed by atoms with Crippen LogP contribution in [0.5, 0.6) is 5.75 Å². The Kier molecular flexibility index (Phi) is 3.94. The summed E-state index contributed by atoms with van der Waals surface area (Å²) in [4.78, 5) is 25.9. The monoisotopic (exact) mass is 331 g/mol. The fraction of sp³-hybridized carbons (Fsp3) is 0.143. The Morgan fingerprint density at radius 3 is 2.12 bits per heavy atom. The van der Waals surface area contributed by atoms with Gasteiger partial charge in [0.15, 0.2) is 0 Å². The summed E-state index contributed by atoms with van der Waals surface area (Å²) in [6.45, 7) is 0.811. The van der Waals surface area contributed by atoms with E-state index in [4.69, 9.17) is 4.74 Å². The Morgan fingerprint density at radius 1 is 0.760 bits per heavy atom. The van der Waals surface area contributed by atoms with Gasteiger partial charge in [-0.1, -0.05) is 42.5 Å². The van der Waals surface area contributed by atoms with E-state index in [1.165, 1.54) is 10.3 Å². The Labute approximate surface area is 145 Å². The second-order valence-electron chi connectivity index (χ2n) is 6.02. The Hall–Kier alpha value is -3.14. The number of ether oxygens (including phenoxy) is 1. The number of benzene rings is 3. The highest BCUT2D eigenvalue weighted by Crippen LogP contribution is 2.23. The van der Waals surface area contributed by atoms with Crippen LogP contribution >= 0.6 is 0 Å². The number of fused-ring (bicyclic) bond motifs is 2. The first kappa shape index (κ1) is 15.4. The molecule has 3 aromatic rings. The molecule has 0 saturated heterocycles. The maximum absolute atomic E-state index is 12.3. The third-order valence-corrected chi connectivity index (χ3v) is 4.39. The summed E-state index contributed by atoms with van der Waals surface area (Å²) in [6, 6.07) is 21.0. The second-order valence-corrected chi connectivity index (χ2v) is 6.02. The number of hydrogen-bond acceptors (Lipinski definition) is 3. The number of carbonyl (C=O) groups excluding carboxylic acids is 2. The summed E-state index contributed by atoms with van der Waals surface area (Å²) < 4.78 is 5.77. The van der Waals surface area contributed by atoms with E-state index in [9.17, 15) is 9.59 Å². The average Bonchev–Trinajstić information content (AvgIpc) is 2.90. The topological polar surface area (TPSA) is 46.6 Å². The van der Waals surface area contributed by atoms with E-state index < -0.39 is 0 Å². The molecule has 3 aromatic carbocycles. The van der Waals surface area contributed by atoms with E-state index in [1.807, 2.05) is 36.4 Å². The molecule has 1 aliphatic rings.